The van der Waals surface area contributed by atoms with Gasteiger partial charge in [0.05, 0.1) is 4.47 Å². The molecule has 0 amide bonds. The van der Waals surface area contributed by atoms with Gasteiger partial charge in [0.15, 0.2) is 0 Å². The Balaban J connectivity index is 1.85. The van der Waals surface area contributed by atoms with Gasteiger partial charge in [-0.25, -0.2) is 4.98 Å². The van der Waals surface area contributed by atoms with E-state index in [1.165, 1.54) is 18.4 Å². The van der Waals surface area contributed by atoms with E-state index in [1.54, 1.807) is 0 Å². The Labute approximate surface area is 116 Å². The summed E-state index contributed by atoms with van der Waals surface area (Å²) in [5.74, 6) is 1.68. The van der Waals surface area contributed by atoms with Crippen LogP contribution < -0.4 is 5.32 Å². The number of anilines is 1. The zero-order valence-corrected chi connectivity index (χ0v) is 12.4. The Morgan fingerprint density at radius 2 is 2.12 bits per heavy atom. The Bertz CT molecular complexity index is 376. The van der Waals surface area contributed by atoms with Gasteiger partial charge in [-0.1, -0.05) is 0 Å². The Hall–Kier alpha value is -0.280. The van der Waals surface area contributed by atoms with Gasteiger partial charge in [0, 0.05) is 18.1 Å². The number of halogens is 2. The lowest BCUT2D eigenvalue weighted by Gasteiger charge is -2.25. The van der Waals surface area contributed by atoms with E-state index in [0.717, 1.165) is 35.6 Å². The van der Waals surface area contributed by atoms with Gasteiger partial charge in [-0.15, -0.1) is 11.6 Å². The van der Waals surface area contributed by atoms with E-state index in [1.807, 2.05) is 13.1 Å². The second-order valence-corrected chi connectivity index (χ2v) is 6.31. The minimum atomic E-state index is 0.399. The highest BCUT2D eigenvalue weighted by Crippen LogP contribution is 2.28. The van der Waals surface area contributed by atoms with Crippen molar-refractivity contribution < 1.29 is 0 Å². The summed E-state index contributed by atoms with van der Waals surface area (Å²) in [5, 5.41) is 3.82. The smallest absolute Gasteiger partial charge is 0.140 e. The number of aryl methyl sites for hydroxylation is 1. The molecule has 17 heavy (non-hydrogen) atoms. The molecule has 2 rings (SSSR count). The van der Waals surface area contributed by atoms with Crippen molar-refractivity contribution in [2.45, 2.75) is 38.0 Å². The first-order valence-corrected chi connectivity index (χ1v) is 7.38. The van der Waals surface area contributed by atoms with Crippen LogP contribution in [0, 0.1) is 12.8 Å². The summed E-state index contributed by atoms with van der Waals surface area (Å²) in [4.78, 5) is 4.39. The fourth-order valence-corrected chi connectivity index (χ4v) is 3.09. The Morgan fingerprint density at radius 3 is 2.76 bits per heavy atom. The molecule has 1 aromatic rings. The highest BCUT2D eigenvalue weighted by atomic mass is 79.9. The van der Waals surface area contributed by atoms with Gasteiger partial charge in [-0.2, -0.15) is 0 Å². The van der Waals surface area contributed by atoms with Crippen LogP contribution in [0.15, 0.2) is 16.7 Å². The molecular weight excluding hydrogens is 300 g/mol. The molecule has 0 bridgehead atoms. The molecule has 0 saturated heterocycles. The number of rotatable bonds is 3. The maximum Gasteiger partial charge on any atom is 0.140 e. The van der Waals surface area contributed by atoms with Crippen molar-refractivity contribution in [3.8, 4) is 0 Å². The molecule has 1 fully saturated rings. The molecule has 0 aliphatic heterocycles. The summed E-state index contributed by atoms with van der Waals surface area (Å²) >= 11 is 9.64. The third kappa shape index (κ3) is 3.85. The van der Waals surface area contributed by atoms with Crippen LogP contribution in [0.2, 0.25) is 0 Å². The predicted molar refractivity (Wildman–Crippen MR) is 76.8 cm³/mol. The van der Waals surface area contributed by atoms with Crippen molar-refractivity contribution in [2.24, 2.45) is 5.92 Å². The van der Waals surface area contributed by atoms with Gasteiger partial charge >= 0.3 is 0 Å². The summed E-state index contributed by atoms with van der Waals surface area (Å²) in [7, 11) is 0. The average Bonchev–Trinajstić information content (AvgIpc) is 2.30. The molecular formula is C13H18BrClN2. The number of pyridine rings is 1. The highest BCUT2D eigenvalue weighted by Gasteiger charge is 2.19. The number of alkyl halides is 1. The highest BCUT2D eigenvalue weighted by molar-refractivity contribution is 9.10. The second-order valence-electron chi connectivity index (χ2n) is 4.84. The molecule has 1 heterocycles. The second kappa shape index (κ2) is 6.05. The Morgan fingerprint density at radius 1 is 1.41 bits per heavy atom. The Kier molecular flexibility index (Phi) is 4.69. The van der Waals surface area contributed by atoms with Crippen LogP contribution in [0.4, 0.5) is 5.82 Å². The fourth-order valence-electron chi connectivity index (χ4n) is 2.23. The van der Waals surface area contributed by atoms with Gasteiger partial charge in [-0.05, 0) is 66.1 Å². The van der Waals surface area contributed by atoms with Crippen molar-refractivity contribution in [3.05, 3.63) is 22.3 Å². The van der Waals surface area contributed by atoms with Crippen molar-refractivity contribution in [2.75, 3.05) is 11.9 Å². The SMILES string of the molecule is Cc1cnc(NCC2CCC(Cl)CC2)c(Br)c1. The van der Waals surface area contributed by atoms with Crippen LogP contribution in [-0.2, 0) is 0 Å². The number of hydrogen-bond donors (Lipinski definition) is 1. The lowest BCUT2D eigenvalue weighted by atomic mass is 9.89. The summed E-state index contributed by atoms with van der Waals surface area (Å²) in [6.45, 7) is 3.04. The normalized spacial score (nSPS) is 24.6. The lowest BCUT2D eigenvalue weighted by molar-refractivity contribution is 0.377. The number of aromatic nitrogens is 1. The van der Waals surface area contributed by atoms with Crippen LogP contribution in [0.5, 0.6) is 0 Å². The zero-order chi connectivity index (χ0) is 12.3. The van der Waals surface area contributed by atoms with Crippen molar-refractivity contribution in [3.63, 3.8) is 0 Å². The van der Waals surface area contributed by atoms with E-state index < -0.39 is 0 Å². The van der Waals surface area contributed by atoms with E-state index >= 15 is 0 Å². The summed E-state index contributed by atoms with van der Waals surface area (Å²) < 4.78 is 1.04. The minimum Gasteiger partial charge on any atom is -0.369 e. The molecule has 0 atom stereocenters. The van der Waals surface area contributed by atoms with Crippen LogP contribution in [0.3, 0.4) is 0 Å². The number of nitrogens with zero attached hydrogens (tertiary/aromatic N) is 1. The first-order chi connectivity index (χ1) is 8.15. The fraction of sp³-hybridized carbons (Fsp3) is 0.615. The van der Waals surface area contributed by atoms with Crippen LogP contribution in [0.25, 0.3) is 0 Å². The molecule has 1 aliphatic rings. The zero-order valence-electron chi connectivity index (χ0n) is 10.0. The maximum absolute atomic E-state index is 6.10. The third-order valence-electron chi connectivity index (χ3n) is 3.31. The molecule has 0 spiro atoms. The van der Waals surface area contributed by atoms with E-state index in [-0.39, 0.29) is 0 Å². The summed E-state index contributed by atoms with van der Waals surface area (Å²) in [5.41, 5.74) is 1.17. The molecule has 2 nitrogen and oxygen atoms in total. The van der Waals surface area contributed by atoms with Gasteiger partial charge in [0.1, 0.15) is 5.82 Å². The quantitative estimate of drug-likeness (QED) is 0.838. The minimum absolute atomic E-state index is 0.399. The average molecular weight is 318 g/mol. The van der Waals surface area contributed by atoms with E-state index in [9.17, 15) is 0 Å². The molecule has 1 N–H and O–H groups in total. The topological polar surface area (TPSA) is 24.9 Å². The third-order valence-corrected chi connectivity index (χ3v) is 4.35. The first kappa shape index (κ1) is 13.2. The number of hydrogen-bond acceptors (Lipinski definition) is 2. The van der Waals surface area contributed by atoms with Crippen molar-refractivity contribution in [1.29, 1.82) is 0 Å². The molecule has 1 aromatic heterocycles. The molecule has 0 unspecified atom stereocenters. The summed E-state index contributed by atoms with van der Waals surface area (Å²) in [6, 6.07) is 2.09. The van der Waals surface area contributed by atoms with Crippen LogP contribution >= 0.6 is 27.5 Å². The predicted octanol–water partition coefficient (Wildman–Crippen LogP) is 4.36. The largest absolute Gasteiger partial charge is 0.369 e. The molecule has 0 radical (unpaired) electrons. The molecule has 1 aliphatic carbocycles. The van der Waals surface area contributed by atoms with E-state index in [0.29, 0.717) is 5.38 Å². The maximum atomic E-state index is 6.10. The molecule has 94 valence electrons. The number of nitrogens with one attached hydrogen (secondary N) is 1. The van der Waals surface area contributed by atoms with Crippen LogP contribution in [-0.4, -0.2) is 16.9 Å². The molecule has 1 saturated carbocycles. The van der Waals surface area contributed by atoms with E-state index in [4.69, 9.17) is 11.6 Å². The monoisotopic (exact) mass is 316 g/mol. The summed E-state index contributed by atoms with van der Waals surface area (Å²) in [6.07, 6.45) is 6.64. The lowest BCUT2D eigenvalue weighted by Crippen LogP contribution is -2.21. The molecule has 4 heteroatoms. The molecule has 0 aromatic carbocycles. The van der Waals surface area contributed by atoms with Gasteiger partial charge in [-0.3, -0.25) is 0 Å². The van der Waals surface area contributed by atoms with E-state index in [2.05, 4.69) is 32.3 Å². The van der Waals surface area contributed by atoms with Crippen LogP contribution in [0.1, 0.15) is 31.2 Å². The van der Waals surface area contributed by atoms with Gasteiger partial charge in [0.2, 0.25) is 0 Å². The van der Waals surface area contributed by atoms with Crippen molar-refractivity contribution in [1.82, 2.24) is 4.98 Å². The standard InChI is InChI=1S/C13H18BrClN2/c1-9-6-12(14)13(16-7-9)17-8-10-2-4-11(15)5-3-10/h6-7,10-11H,2-5,8H2,1H3,(H,16,17). The van der Waals surface area contributed by atoms with Crippen molar-refractivity contribution >= 4 is 33.3 Å². The first-order valence-electron chi connectivity index (χ1n) is 6.15. The van der Waals surface area contributed by atoms with Gasteiger partial charge < -0.3 is 5.32 Å². The van der Waals surface area contributed by atoms with Gasteiger partial charge in [0.25, 0.3) is 0 Å².